The lowest BCUT2D eigenvalue weighted by Gasteiger charge is -2.41. The molecule has 0 radical (unpaired) electrons. The molecule has 1 fully saturated rings. The van der Waals surface area contributed by atoms with Crippen LogP contribution in [0.15, 0.2) is 10.4 Å². The predicted octanol–water partition coefficient (Wildman–Crippen LogP) is 4.20. The van der Waals surface area contributed by atoms with Crippen LogP contribution >= 0.6 is 35.3 Å². The number of hydrogen-bond acceptors (Lipinski definition) is 4. The van der Waals surface area contributed by atoms with E-state index in [1.807, 2.05) is 0 Å². The number of nitrogens with one attached hydrogen (secondary N) is 2. The number of nitrogens with zero attached hydrogens (tertiary/aromatic N) is 3. The number of guanidine groups is 1. The molecule has 7 heteroatoms. The van der Waals surface area contributed by atoms with Gasteiger partial charge in [-0.2, -0.15) is 0 Å². The summed E-state index contributed by atoms with van der Waals surface area (Å²) in [5.41, 5.74) is 1.20. The number of aliphatic imine (C=N–C) groups is 1. The summed E-state index contributed by atoms with van der Waals surface area (Å²) in [5.74, 6) is 1.37. The van der Waals surface area contributed by atoms with Crippen LogP contribution in [0, 0.1) is 0 Å². The summed E-state index contributed by atoms with van der Waals surface area (Å²) in [6, 6.07) is 0. The second-order valence-electron chi connectivity index (χ2n) is 7.74. The van der Waals surface area contributed by atoms with Gasteiger partial charge in [0.1, 0.15) is 0 Å². The Labute approximate surface area is 180 Å². The van der Waals surface area contributed by atoms with E-state index in [2.05, 4.69) is 60.5 Å². The molecule has 150 valence electrons. The molecule has 0 unspecified atom stereocenters. The molecular weight excluding hydrogens is 457 g/mol. The topological polar surface area (TPSA) is 52.6 Å². The Morgan fingerprint density at radius 2 is 1.96 bits per heavy atom. The minimum absolute atomic E-state index is 0. The van der Waals surface area contributed by atoms with E-state index in [9.17, 15) is 0 Å². The van der Waals surface area contributed by atoms with Gasteiger partial charge in [0.05, 0.1) is 17.2 Å². The van der Waals surface area contributed by atoms with Gasteiger partial charge in [-0.05, 0) is 46.7 Å². The highest BCUT2D eigenvalue weighted by Crippen LogP contribution is 2.20. The third kappa shape index (κ3) is 7.31. The van der Waals surface area contributed by atoms with Crippen molar-refractivity contribution in [3.63, 3.8) is 0 Å². The van der Waals surface area contributed by atoms with E-state index in [0.717, 1.165) is 24.7 Å². The lowest BCUT2D eigenvalue weighted by atomic mass is 9.98. The molecule has 1 aliphatic heterocycles. The number of rotatable bonds is 7. The average Bonchev–Trinajstić information content (AvgIpc) is 3.07. The highest BCUT2D eigenvalue weighted by Gasteiger charge is 2.27. The maximum atomic E-state index is 4.72. The molecule has 0 bridgehead atoms. The number of halogens is 1. The minimum atomic E-state index is 0. The molecule has 1 aromatic rings. The maximum absolute atomic E-state index is 4.72. The van der Waals surface area contributed by atoms with Gasteiger partial charge < -0.3 is 10.6 Å². The smallest absolute Gasteiger partial charge is 0.191 e. The third-order valence-electron chi connectivity index (χ3n) is 4.71. The SMILES string of the molecule is CCNC(=NCc1csc(C(C)C)n1)NCC(C)(C)N1CCCCC1.I. The minimum Gasteiger partial charge on any atom is -0.357 e. The monoisotopic (exact) mass is 493 g/mol. The molecule has 2 heterocycles. The molecular formula is C19H36IN5S. The lowest BCUT2D eigenvalue weighted by Crippen LogP contribution is -2.54. The van der Waals surface area contributed by atoms with Crippen LogP contribution in [-0.4, -0.2) is 47.6 Å². The molecule has 0 aliphatic carbocycles. The number of aromatic nitrogens is 1. The number of likely N-dealkylation sites (tertiary alicyclic amines) is 1. The highest BCUT2D eigenvalue weighted by atomic mass is 127. The molecule has 0 saturated carbocycles. The Bertz CT molecular complexity index is 550. The summed E-state index contributed by atoms with van der Waals surface area (Å²) >= 11 is 1.73. The van der Waals surface area contributed by atoms with E-state index in [4.69, 9.17) is 4.99 Å². The Balaban J connectivity index is 0.00000338. The van der Waals surface area contributed by atoms with Crippen LogP contribution < -0.4 is 10.6 Å². The fourth-order valence-corrected chi connectivity index (χ4v) is 3.90. The molecule has 1 saturated heterocycles. The normalized spacial score (nSPS) is 16.5. The summed E-state index contributed by atoms with van der Waals surface area (Å²) in [4.78, 5) is 12.0. The summed E-state index contributed by atoms with van der Waals surface area (Å²) in [5, 5.41) is 10.2. The number of piperidine rings is 1. The fourth-order valence-electron chi connectivity index (χ4n) is 3.07. The Hall–Kier alpha value is -0.410. The standard InChI is InChI=1S/C19H35N5S.HI/c1-6-20-18(21-12-16-13-25-17(23-16)15(2)3)22-14-19(4,5)24-10-8-7-9-11-24;/h13,15H,6-12,14H2,1-5H3,(H2,20,21,22);1H. The molecule has 2 rings (SSSR count). The van der Waals surface area contributed by atoms with Crippen molar-refractivity contribution >= 4 is 41.3 Å². The third-order valence-corrected chi connectivity index (χ3v) is 5.90. The summed E-state index contributed by atoms with van der Waals surface area (Å²) in [6.45, 7) is 15.9. The highest BCUT2D eigenvalue weighted by molar-refractivity contribution is 14.0. The largest absolute Gasteiger partial charge is 0.357 e. The van der Waals surface area contributed by atoms with Gasteiger partial charge in [0.2, 0.25) is 0 Å². The van der Waals surface area contributed by atoms with Crippen LogP contribution in [-0.2, 0) is 6.54 Å². The number of thiazole rings is 1. The Morgan fingerprint density at radius 3 is 2.54 bits per heavy atom. The zero-order valence-electron chi connectivity index (χ0n) is 17.0. The van der Waals surface area contributed by atoms with Crippen molar-refractivity contribution in [2.45, 2.75) is 71.9 Å². The van der Waals surface area contributed by atoms with Crippen LogP contribution in [0.4, 0.5) is 0 Å². The first kappa shape index (κ1) is 23.6. The molecule has 5 nitrogen and oxygen atoms in total. The summed E-state index contributed by atoms with van der Waals surface area (Å²) in [6.07, 6.45) is 4.01. The van der Waals surface area contributed by atoms with Gasteiger partial charge in [0.15, 0.2) is 5.96 Å². The van der Waals surface area contributed by atoms with Gasteiger partial charge in [0, 0.05) is 29.9 Å². The van der Waals surface area contributed by atoms with Crippen molar-refractivity contribution in [1.29, 1.82) is 0 Å². The summed E-state index contributed by atoms with van der Waals surface area (Å²) < 4.78 is 0. The van der Waals surface area contributed by atoms with Gasteiger partial charge in [-0.25, -0.2) is 9.98 Å². The predicted molar refractivity (Wildman–Crippen MR) is 124 cm³/mol. The molecule has 0 aromatic carbocycles. The molecule has 0 spiro atoms. The van der Waals surface area contributed by atoms with Crippen LogP contribution in [0.5, 0.6) is 0 Å². The first-order valence-electron chi connectivity index (χ1n) is 9.64. The molecule has 26 heavy (non-hydrogen) atoms. The van der Waals surface area contributed by atoms with Crippen molar-refractivity contribution in [3.8, 4) is 0 Å². The number of hydrogen-bond donors (Lipinski definition) is 2. The van der Waals surface area contributed by atoms with Gasteiger partial charge >= 0.3 is 0 Å². The van der Waals surface area contributed by atoms with Crippen LogP contribution in [0.25, 0.3) is 0 Å². The molecule has 1 aliphatic rings. The van der Waals surface area contributed by atoms with Crippen molar-refractivity contribution in [2.75, 3.05) is 26.2 Å². The maximum Gasteiger partial charge on any atom is 0.191 e. The van der Waals surface area contributed by atoms with Gasteiger partial charge in [-0.15, -0.1) is 35.3 Å². The molecule has 2 N–H and O–H groups in total. The van der Waals surface area contributed by atoms with Crippen molar-refractivity contribution in [2.24, 2.45) is 4.99 Å². The average molecular weight is 494 g/mol. The first-order chi connectivity index (χ1) is 11.9. The quantitative estimate of drug-likeness (QED) is 0.340. The van der Waals surface area contributed by atoms with E-state index < -0.39 is 0 Å². The second kappa shape index (κ2) is 11.4. The lowest BCUT2D eigenvalue weighted by molar-refractivity contribution is 0.0982. The van der Waals surface area contributed by atoms with E-state index in [1.54, 1.807) is 11.3 Å². The van der Waals surface area contributed by atoms with Gasteiger partial charge in [-0.1, -0.05) is 20.3 Å². The van der Waals surface area contributed by atoms with E-state index in [-0.39, 0.29) is 29.5 Å². The van der Waals surface area contributed by atoms with Gasteiger partial charge in [-0.3, -0.25) is 4.90 Å². The molecule has 0 amide bonds. The zero-order valence-corrected chi connectivity index (χ0v) is 20.1. The molecule has 1 aromatic heterocycles. The molecule has 0 atom stereocenters. The zero-order chi connectivity index (χ0) is 18.3. The van der Waals surface area contributed by atoms with Crippen molar-refractivity contribution in [1.82, 2.24) is 20.5 Å². The fraction of sp³-hybridized carbons (Fsp3) is 0.789. The van der Waals surface area contributed by atoms with E-state index in [0.29, 0.717) is 12.5 Å². The van der Waals surface area contributed by atoms with Crippen molar-refractivity contribution < 1.29 is 0 Å². The van der Waals surface area contributed by atoms with E-state index in [1.165, 1.54) is 37.4 Å². The van der Waals surface area contributed by atoms with Crippen LogP contribution in [0.3, 0.4) is 0 Å². The Kier molecular flexibility index (Phi) is 10.4. The van der Waals surface area contributed by atoms with Crippen LogP contribution in [0.1, 0.15) is 70.5 Å². The van der Waals surface area contributed by atoms with E-state index >= 15 is 0 Å². The Morgan fingerprint density at radius 1 is 1.27 bits per heavy atom. The first-order valence-corrected chi connectivity index (χ1v) is 10.5. The second-order valence-corrected chi connectivity index (χ2v) is 8.63. The van der Waals surface area contributed by atoms with Crippen LogP contribution in [0.2, 0.25) is 0 Å². The van der Waals surface area contributed by atoms with Crippen molar-refractivity contribution in [3.05, 3.63) is 16.1 Å². The summed E-state index contributed by atoms with van der Waals surface area (Å²) in [7, 11) is 0. The van der Waals surface area contributed by atoms with Gasteiger partial charge in [0.25, 0.3) is 0 Å².